The largest absolute Gasteiger partial charge is 0.489 e. The van der Waals surface area contributed by atoms with Crippen LogP contribution in [0.4, 0.5) is 0 Å². The van der Waals surface area contributed by atoms with Gasteiger partial charge in [-0.3, -0.25) is 9.69 Å². The summed E-state index contributed by atoms with van der Waals surface area (Å²) in [5.41, 5.74) is 0.744. The first-order valence-corrected chi connectivity index (χ1v) is 7.38. The van der Waals surface area contributed by atoms with Gasteiger partial charge in [0.05, 0.1) is 4.91 Å². The lowest BCUT2D eigenvalue weighted by atomic mass is 10.2. The molecule has 0 aromatic heterocycles. The van der Waals surface area contributed by atoms with Crippen LogP contribution in [-0.2, 0) is 4.79 Å². The first-order valence-electron chi connectivity index (χ1n) is 5.77. The Bertz CT molecular complexity index is 613. The second-order valence-corrected chi connectivity index (χ2v) is 6.13. The zero-order chi connectivity index (χ0) is 14.7. The van der Waals surface area contributed by atoms with Crippen LogP contribution < -0.4 is 4.74 Å². The third-order valence-corrected chi connectivity index (χ3v) is 4.32. The number of amides is 1. The first-order chi connectivity index (χ1) is 9.52. The summed E-state index contributed by atoms with van der Waals surface area (Å²) >= 11 is 12.4. The molecule has 0 aliphatic carbocycles. The predicted molar refractivity (Wildman–Crippen MR) is 88.1 cm³/mol. The van der Waals surface area contributed by atoms with Gasteiger partial charge < -0.3 is 4.74 Å². The van der Waals surface area contributed by atoms with Crippen LogP contribution in [0.2, 0.25) is 5.02 Å². The van der Waals surface area contributed by atoms with E-state index in [1.54, 1.807) is 37.4 Å². The summed E-state index contributed by atoms with van der Waals surface area (Å²) in [6, 6.07) is 5.26. The van der Waals surface area contributed by atoms with Crippen LogP contribution in [0.1, 0.15) is 5.56 Å². The van der Waals surface area contributed by atoms with E-state index in [1.807, 2.05) is 0 Å². The van der Waals surface area contributed by atoms with Crippen LogP contribution in [0.25, 0.3) is 6.08 Å². The van der Waals surface area contributed by atoms with Crippen LogP contribution in [0.3, 0.4) is 0 Å². The van der Waals surface area contributed by atoms with E-state index in [0.717, 1.165) is 5.56 Å². The maximum atomic E-state index is 12.0. The van der Waals surface area contributed by atoms with Gasteiger partial charge in [-0.05, 0) is 24.3 Å². The monoisotopic (exact) mass is 325 g/mol. The van der Waals surface area contributed by atoms with Gasteiger partial charge in [0.15, 0.2) is 0 Å². The summed E-state index contributed by atoms with van der Waals surface area (Å²) in [4.78, 5) is 14.0. The van der Waals surface area contributed by atoms with Crippen molar-refractivity contribution in [3.8, 4) is 5.75 Å². The van der Waals surface area contributed by atoms with E-state index in [9.17, 15) is 4.79 Å². The van der Waals surface area contributed by atoms with E-state index in [-0.39, 0.29) is 5.91 Å². The fourth-order valence-electron chi connectivity index (χ4n) is 1.60. The highest BCUT2D eigenvalue weighted by atomic mass is 35.5. The molecule has 1 aromatic carbocycles. The topological polar surface area (TPSA) is 29.5 Å². The van der Waals surface area contributed by atoms with E-state index in [4.69, 9.17) is 28.6 Å². The Labute approximate surface area is 132 Å². The first kappa shape index (κ1) is 15.1. The fraction of sp³-hybridized carbons (Fsp3) is 0.143. The molecule has 1 aromatic rings. The normalized spacial score (nSPS) is 16.9. The lowest BCUT2D eigenvalue weighted by Crippen LogP contribution is -2.22. The number of likely N-dealkylation sites (N-methyl/N-ethyl adjacent to an activating group) is 1. The number of hydrogen-bond acceptors (Lipinski definition) is 4. The van der Waals surface area contributed by atoms with Crippen molar-refractivity contribution in [1.29, 1.82) is 0 Å². The van der Waals surface area contributed by atoms with Crippen molar-refractivity contribution in [2.75, 3.05) is 13.7 Å². The van der Waals surface area contributed by atoms with Crippen molar-refractivity contribution in [2.45, 2.75) is 0 Å². The van der Waals surface area contributed by atoms with Crippen molar-refractivity contribution in [3.05, 3.63) is 46.3 Å². The fourth-order valence-corrected chi connectivity index (χ4v) is 2.95. The number of thiocarbonyl (C=S) groups is 1. The van der Waals surface area contributed by atoms with Gasteiger partial charge in [-0.25, -0.2) is 0 Å². The molecule has 1 aliphatic heterocycles. The van der Waals surface area contributed by atoms with Gasteiger partial charge in [-0.2, -0.15) is 0 Å². The summed E-state index contributed by atoms with van der Waals surface area (Å²) in [5, 5.41) is 0.578. The lowest BCUT2D eigenvalue weighted by Gasteiger charge is -2.08. The third-order valence-electron chi connectivity index (χ3n) is 2.60. The zero-order valence-electron chi connectivity index (χ0n) is 10.8. The Morgan fingerprint density at radius 1 is 1.55 bits per heavy atom. The molecular formula is C14H12ClNO2S2. The predicted octanol–water partition coefficient (Wildman–Crippen LogP) is 3.74. The molecule has 1 fully saturated rings. The van der Waals surface area contributed by atoms with Crippen LogP contribution >= 0.6 is 35.6 Å². The molecule has 0 unspecified atom stereocenters. The van der Waals surface area contributed by atoms with Crippen LogP contribution in [-0.4, -0.2) is 28.8 Å². The molecule has 0 radical (unpaired) electrons. The van der Waals surface area contributed by atoms with Crippen LogP contribution in [0, 0.1) is 0 Å². The minimum Gasteiger partial charge on any atom is -0.489 e. The maximum absolute atomic E-state index is 12.0. The van der Waals surface area contributed by atoms with Gasteiger partial charge in [-0.15, -0.1) is 0 Å². The number of carbonyl (C=O) groups is 1. The van der Waals surface area contributed by atoms with Gasteiger partial charge in [0.25, 0.3) is 5.91 Å². The van der Waals surface area contributed by atoms with Gasteiger partial charge in [-0.1, -0.05) is 48.2 Å². The highest BCUT2D eigenvalue weighted by Crippen LogP contribution is 2.34. The molecule has 1 heterocycles. The molecule has 1 amide bonds. The zero-order valence-corrected chi connectivity index (χ0v) is 13.1. The SMILES string of the molecule is C=CCOc1ccc(Cl)cc1/C=C1\SC(=S)N(C)C1=O. The number of nitrogens with zero attached hydrogens (tertiary/aromatic N) is 1. The van der Waals surface area contributed by atoms with Crippen LogP contribution in [0.15, 0.2) is 35.8 Å². The van der Waals surface area contributed by atoms with Crippen LogP contribution in [0.5, 0.6) is 5.75 Å². The highest BCUT2D eigenvalue weighted by Gasteiger charge is 2.28. The van der Waals surface area contributed by atoms with E-state index in [2.05, 4.69) is 6.58 Å². The Hall–Kier alpha value is -1.30. The van der Waals surface area contributed by atoms with Crippen molar-refractivity contribution in [2.24, 2.45) is 0 Å². The second kappa shape index (κ2) is 6.43. The summed E-state index contributed by atoms with van der Waals surface area (Å²) in [7, 11) is 1.66. The van der Waals surface area contributed by atoms with Gasteiger partial charge in [0.2, 0.25) is 0 Å². The Morgan fingerprint density at radius 3 is 2.90 bits per heavy atom. The number of carbonyl (C=O) groups excluding carboxylic acids is 1. The quantitative estimate of drug-likeness (QED) is 0.479. The molecule has 6 heteroatoms. The Balaban J connectivity index is 2.37. The van der Waals surface area contributed by atoms with Gasteiger partial charge in [0.1, 0.15) is 16.7 Å². The standard InChI is InChI=1S/C14H12ClNO2S2/c1-3-6-18-11-5-4-10(15)7-9(11)8-12-13(17)16(2)14(19)20-12/h3-5,7-8H,1,6H2,2H3/b12-8-. The minimum atomic E-state index is -0.116. The second-order valence-electron chi connectivity index (χ2n) is 4.02. The average molecular weight is 326 g/mol. The number of rotatable bonds is 4. The number of ether oxygens (including phenoxy) is 1. The number of hydrogen-bond donors (Lipinski definition) is 0. The molecule has 1 saturated heterocycles. The van der Waals surface area contributed by atoms with Crippen molar-refractivity contribution < 1.29 is 9.53 Å². The molecule has 3 nitrogen and oxygen atoms in total. The number of benzene rings is 1. The highest BCUT2D eigenvalue weighted by molar-refractivity contribution is 8.26. The molecule has 0 bridgehead atoms. The average Bonchev–Trinajstić information content (AvgIpc) is 2.66. The minimum absolute atomic E-state index is 0.116. The summed E-state index contributed by atoms with van der Waals surface area (Å²) in [5.74, 6) is 0.533. The molecule has 0 spiro atoms. The molecule has 0 atom stereocenters. The van der Waals surface area contributed by atoms with Crippen molar-refractivity contribution in [3.63, 3.8) is 0 Å². The number of halogens is 1. The molecule has 1 aliphatic rings. The lowest BCUT2D eigenvalue weighted by molar-refractivity contribution is -0.121. The summed E-state index contributed by atoms with van der Waals surface area (Å²) in [6.07, 6.45) is 3.40. The molecule has 0 saturated carbocycles. The van der Waals surface area contributed by atoms with E-state index in [0.29, 0.717) is 26.6 Å². The summed E-state index contributed by atoms with van der Waals surface area (Å²) < 4.78 is 6.09. The van der Waals surface area contributed by atoms with Gasteiger partial charge >= 0.3 is 0 Å². The molecule has 0 N–H and O–H groups in total. The van der Waals surface area contributed by atoms with E-state index >= 15 is 0 Å². The Morgan fingerprint density at radius 2 is 2.30 bits per heavy atom. The van der Waals surface area contributed by atoms with E-state index < -0.39 is 0 Å². The van der Waals surface area contributed by atoms with Crippen molar-refractivity contribution in [1.82, 2.24) is 4.90 Å². The molecule has 2 rings (SSSR count). The van der Waals surface area contributed by atoms with E-state index in [1.165, 1.54) is 16.7 Å². The number of thioether (sulfide) groups is 1. The van der Waals surface area contributed by atoms with Gasteiger partial charge in [0, 0.05) is 17.6 Å². The molecular weight excluding hydrogens is 314 g/mol. The summed E-state index contributed by atoms with van der Waals surface area (Å²) in [6.45, 7) is 4.00. The smallest absolute Gasteiger partial charge is 0.265 e. The molecule has 20 heavy (non-hydrogen) atoms. The third kappa shape index (κ3) is 3.23. The van der Waals surface area contributed by atoms with Crippen molar-refractivity contribution >= 4 is 51.9 Å². The Kier molecular flexibility index (Phi) is 4.86. The maximum Gasteiger partial charge on any atom is 0.265 e. The molecule has 104 valence electrons.